The van der Waals surface area contributed by atoms with Gasteiger partial charge in [0.25, 0.3) is 0 Å². The molecule has 4 rings (SSSR count). The Morgan fingerprint density at radius 2 is 2.14 bits per heavy atom. The van der Waals surface area contributed by atoms with Gasteiger partial charge in [0.15, 0.2) is 0 Å². The summed E-state index contributed by atoms with van der Waals surface area (Å²) in [5.74, 6) is 1.64. The molecule has 0 bridgehead atoms. The lowest BCUT2D eigenvalue weighted by molar-refractivity contribution is 0.468. The van der Waals surface area contributed by atoms with Crippen LogP contribution in [0.15, 0.2) is 47.5 Å². The van der Waals surface area contributed by atoms with Crippen LogP contribution in [0.5, 0.6) is 11.6 Å². The number of aryl methyl sites for hydroxylation is 1. The van der Waals surface area contributed by atoms with Crippen molar-refractivity contribution >= 4 is 21.6 Å². The van der Waals surface area contributed by atoms with E-state index in [1.54, 1.807) is 11.3 Å². The quantitative estimate of drug-likeness (QED) is 0.572. The minimum absolute atomic E-state index is 0.449. The van der Waals surface area contributed by atoms with Gasteiger partial charge in [-0.2, -0.15) is 0 Å². The van der Waals surface area contributed by atoms with E-state index in [2.05, 4.69) is 20.2 Å². The van der Waals surface area contributed by atoms with Crippen LogP contribution in [0.25, 0.3) is 21.7 Å². The Kier molecular flexibility index (Phi) is 3.05. The normalized spacial score (nSPS) is 11.0. The summed E-state index contributed by atoms with van der Waals surface area (Å²) in [5, 5.41) is 8.48. The molecule has 0 amide bonds. The molecule has 22 heavy (non-hydrogen) atoms. The molecule has 0 N–H and O–H groups in total. The van der Waals surface area contributed by atoms with Crippen molar-refractivity contribution in [2.24, 2.45) is 0 Å². The van der Waals surface area contributed by atoms with E-state index in [1.165, 1.54) is 17.6 Å². The minimum atomic E-state index is 0.449. The van der Waals surface area contributed by atoms with Crippen LogP contribution in [-0.4, -0.2) is 20.2 Å². The Balaban J connectivity index is 1.72. The maximum absolute atomic E-state index is 5.91. The van der Waals surface area contributed by atoms with Gasteiger partial charge >= 0.3 is 0 Å². The van der Waals surface area contributed by atoms with E-state index in [0.29, 0.717) is 17.5 Å². The summed E-state index contributed by atoms with van der Waals surface area (Å²) in [7, 11) is 0. The van der Waals surface area contributed by atoms with Crippen LogP contribution in [0.3, 0.4) is 0 Å². The fourth-order valence-electron chi connectivity index (χ4n) is 2.14. The second-order valence-electron chi connectivity index (χ2n) is 4.63. The molecule has 0 fully saturated rings. The molecule has 0 aliphatic rings. The van der Waals surface area contributed by atoms with Crippen molar-refractivity contribution in [3.8, 4) is 23.1 Å². The number of fused-ring (bicyclic) bond motifs is 1. The average molecular weight is 310 g/mol. The summed E-state index contributed by atoms with van der Waals surface area (Å²) < 4.78 is 11.1. The van der Waals surface area contributed by atoms with Gasteiger partial charge in [0, 0.05) is 10.4 Å². The lowest BCUT2D eigenvalue weighted by atomic mass is 10.2. The number of benzene rings is 1. The van der Waals surface area contributed by atoms with E-state index >= 15 is 0 Å². The van der Waals surface area contributed by atoms with Gasteiger partial charge in [-0.25, -0.2) is 9.97 Å². The van der Waals surface area contributed by atoms with Gasteiger partial charge in [-0.15, -0.1) is 21.5 Å². The van der Waals surface area contributed by atoms with Crippen molar-refractivity contribution in [1.82, 2.24) is 20.2 Å². The molecule has 0 radical (unpaired) electrons. The number of thiophene rings is 1. The standard InChI is InChI=1S/C15H10N4O2S/c1-9-5-12-14(16-7-17-15(12)22-9)21-11-4-2-3-10(6-11)13-19-18-8-20-13/h2-8H,1H3. The molecule has 0 unspecified atom stereocenters. The zero-order valence-corrected chi connectivity index (χ0v) is 12.4. The Labute approximate surface area is 129 Å². The third kappa shape index (κ3) is 2.31. The van der Waals surface area contributed by atoms with E-state index in [9.17, 15) is 0 Å². The van der Waals surface area contributed by atoms with Gasteiger partial charge in [-0.05, 0) is 31.2 Å². The average Bonchev–Trinajstić information content (AvgIpc) is 3.16. The Bertz CT molecular complexity index is 934. The van der Waals surface area contributed by atoms with E-state index < -0.39 is 0 Å². The first-order valence-corrected chi connectivity index (χ1v) is 7.37. The molecule has 1 aromatic carbocycles. The van der Waals surface area contributed by atoms with Crippen LogP contribution in [0, 0.1) is 6.92 Å². The number of ether oxygens (including phenoxy) is 1. The number of rotatable bonds is 3. The summed E-state index contributed by atoms with van der Waals surface area (Å²) in [6, 6.07) is 9.46. The fraction of sp³-hybridized carbons (Fsp3) is 0.0667. The molecule has 3 heterocycles. The van der Waals surface area contributed by atoms with Crippen molar-refractivity contribution in [2.75, 3.05) is 0 Å². The van der Waals surface area contributed by atoms with Crippen molar-refractivity contribution in [3.63, 3.8) is 0 Å². The summed E-state index contributed by atoms with van der Waals surface area (Å²) in [5.41, 5.74) is 0.793. The van der Waals surface area contributed by atoms with Gasteiger partial charge in [0.05, 0.1) is 5.39 Å². The Morgan fingerprint density at radius 1 is 1.18 bits per heavy atom. The lowest BCUT2D eigenvalue weighted by Crippen LogP contribution is -1.90. The Hall–Kier alpha value is -2.80. The predicted molar refractivity (Wildman–Crippen MR) is 82.0 cm³/mol. The van der Waals surface area contributed by atoms with Gasteiger partial charge < -0.3 is 9.15 Å². The van der Waals surface area contributed by atoms with Gasteiger partial charge in [-0.3, -0.25) is 0 Å². The summed E-state index contributed by atoms with van der Waals surface area (Å²) in [6.45, 7) is 2.03. The molecule has 0 atom stereocenters. The summed E-state index contributed by atoms with van der Waals surface area (Å²) in [4.78, 5) is 10.6. The zero-order chi connectivity index (χ0) is 14.9. The topological polar surface area (TPSA) is 73.9 Å². The van der Waals surface area contributed by atoms with Crippen molar-refractivity contribution in [1.29, 1.82) is 0 Å². The minimum Gasteiger partial charge on any atom is -0.438 e. The number of nitrogens with zero attached hydrogens (tertiary/aromatic N) is 4. The largest absolute Gasteiger partial charge is 0.438 e. The van der Waals surface area contributed by atoms with E-state index in [4.69, 9.17) is 9.15 Å². The van der Waals surface area contributed by atoms with E-state index in [0.717, 1.165) is 15.8 Å². The Morgan fingerprint density at radius 3 is 3.00 bits per heavy atom. The molecule has 4 aromatic rings. The van der Waals surface area contributed by atoms with Gasteiger partial charge in [-0.1, -0.05) is 6.07 Å². The molecular weight excluding hydrogens is 300 g/mol. The highest BCUT2D eigenvalue weighted by molar-refractivity contribution is 7.18. The molecule has 0 saturated carbocycles. The third-order valence-electron chi connectivity index (χ3n) is 3.07. The predicted octanol–water partition coefficient (Wildman–Crippen LogP) is 3.84. The highest BCUT2D eigenvalue weighted by Gasteiger charge is 2.10. The monoisotopic (exact) mass is 310 g/mol. The van der Waals surface area contributed by atoms with Crippen molar-refractivity contribution < 1.29 is 9.15 Å². The first-order valence-electron chi connectivity index (χ1n) is 6.55. The molecule has 0 aliphatic heterocycles. The molecule has 0 saturated heterocycles. The van der Waals surface area contributed by atoms with Crippen LogP contribution in [0.4, 0.5) is 0 Å². The van der Waals surface area contributed by atoms with Crippen LogP contribution >= 0.6 is 11.3 Å². The third-order valence-corrected chi connectivity index (χ3v) is 4.03. The summed E-state index contributed by atoms with van der Waals surface area (Å²) >= 11 is 1.61. The second-order valence-corrected chi connectivity index (χ2v) is 5.86. The van der Waals surface area contributed by atoms with E-state index in [-0.39, 0.29) is 0 Å². The number of aromatic nitrogens is 4. The SMILES string of the molecule is Cc1cc2c(Oc3cccc(-c4nnco4)c3)ncnc2s1. The molecular formula is C15H10N4O2S. The molecule has 108 valence electrons. The second kappa shape index (κ2) is 5.19. The number of hydrogen-bond donors (Lipinski definition) is 0. The van der Waals surface area contributed by atoms with Crippen LogP contribution in [-0.2, 0) is 0 Å². The van der Waals surface area contributed by atoms with Crippen LogP contribution < -0.4 is 4.74 Å². The van der Waals surface area contributed by atoms with Gasteiger partial charge in [0.1, 0.15) is 16.9 Å². The van der Waals surface area contributed by atoms with E-state index in [1.807, 2.05) is 37.3 Å². The summed E-state index contributed by atoms with van der Waals surface area (Å²) in [6.07, 6.45) is 2.81. The van der Waals surface area contributed by atoms with Crippen LogP contribution in [0.1, 0.15) is 4.88 Å². The maximum atomic E-state index is 5.91. The molecule has 3 aromatic heterocycles. The smallest absolute Gasteiger partial charge is 0.247 e. The molecule has 6 nitrogen and oxygen atoms in total. The van der Waals surface area contributed by atoms with Crippen molar-refractivity contribution in [3.05, 3.63) is 47.9 Å². The molecule has 0 spiro atoms. The maximum Gasteiger partial charge on any atom is 0.247 e. The van der Waals surface area contributed by atoms with Crippen LogP contribution in [0.2, 0.25) is 0 Å². The first-order chi connectivity index (χ1) is 10.8. The highest BCUT2D eigenvalue weighted by atomic mass is 32.1. The molecule has 7 heteroatoms. The van der Waals surface area contributed by atoms with Gasteiger partial charge in [0.2, 0.25) is 18.2 Å². The zero-order valence-electron chi connectivity index (χ0n) is 11.6. The fourth-order valence-corrected chi connectivity index (χ4v) is 2.98. The highest BCUT2D eigenvalue weighted by Crippen LogP contribution is 2.32. The first kappa shape index (κ1) is 12.9. The molecule has 0 aliphatic carbocycles. The van der Waals surface area contributed by atoms with Crippen molar-refractivity contribution in [2.45, 2.75) is 6.92 Å². The lowest BCUT2D eigenvalue weighted by Gasteiger charge is -2.06. The number of hydrogen-bond acceptors (Lipinski definition) is 7.